The van der Waals surface area contributed by atoms with Crippen LogP contribution in [0.4, 0.5) is 5.00 Å². The summed E-state index contributed by atoms with van der Waals surface area (Å²) in [5.41, 5.74) is 0.528. The molecule has 0 aliphatic heterocycles. The molecular formula is C10H8BrNO4S3. The highest BCUT2D eigenvalue weighted by Gasteiger charge is 2.21. The van der Waals surface area contributed by atoms with Gasteiger partial charge in [0, 0.05) is 4.47 Å². The van der Waals surface area contributed by atoms with Crippen LogP contribution in [-0.2, 0) is 10.0 Å². The molecule has 0 unspecified atom stereocenters. The fraction of sp³-hybridized carbons (Fsp3) is 0.100. The van der Waals surface area contributed by atoms with E-state index in [0.717, 1.165) is 22.7 Å². The molecule has 0 atom stereocenters. The third kappa shape index (κ3) is 2.99. The van der Waals surface area contributed by atoms with Gasteiger partial charge in [-0.1, -0.05) is 0 Å². The first-order valence-electron chi connectivity index (χ1n) is 4.91. The van der Waals surface area contributed by atoms with Gasteiger partial charge in [-0.05, 0) is 45.9 Å². The van der Waals surface area contributed by atoms with Crippen molar-refractivity contribution in [3.8, 4) is 0 Å². The Morgan fingerprint density at radius 3 is 2.63 bits per heavy atom. The molecule has 2 heterocycles. The highest BCUT2D eigenvalue weighted by molar-refractivity contribution is 9.10. The third-order valence-electron chi connectivity index (χ3n) is 2.18. The molecule has 0 bridgehead atoms. The number of aromatic carboxylic acids is 1. The van der Waals surface area contributed by atoms with Crippen LogP contribution in [0.5, 0.6) is 0 Å². The van der Waals surface area contributed by atoms with E-state index in [0.29, 0.717) is 10.0 Å². The Balaban J connectivity index is 2.34. The minimum atomic E-state index is -3.69. The van der Waals surface area contributed by atoms with Crippen LogP contribution in [0.25, 0.3) is 0 Å². The second-order valence-electron chi connectivity index (χ2n) is 3.59. The Labute approximate surface area is 126 Å². The second kappa shape index (κ2) is 5.23. The van der Waals surface area contributed by atoms with E-state index in [9.17, 15) is 13.2 Å². The van der Waals surface area contributed by atoms with Crippen molar-refractivity contribution in [2.24, 2.45) is 0 Å². The Morgan fingerprint density at radius 2 is 2.16 bits per heavy atom. The summed E-state index contributed by atoms with van der Waals surface area (Å²) < 4.78 is 27.2. The van der Waals surface area contributed by atoms with Crippen molar-refractivity contribution in [2.45, 2.75) is 11.1 Å². The van der Waals surface area contributed by atoms with Crippen LogP contribution in [0.2, 0.25) is 0 Å². The van der Waals surface area contributed by atoms with Gasteiger partial charge in [0.15, 0.2) is 4.21 Å². The summed E-state index contributed by atoms with van der Waals surface area (Å²) in [6.45, 7) is 1.62. The van der Waals surface area contributed by atoms with Crippen molar-refractivity contribution in [1.82, 2.24) is 0 Å². The zero-order valence-corrected chi connectivity index (χ0v) is 13.5. The predicted molar refractivity (Wildman–Crippen MR) is 78.8 cm³/mol. The summed E-state index contributed by atoms with van der Waals surface area (Å²) in [6.07, 6.45) is 0. The van der Waals surface area contributed by atoms with Crippen molar-refractivity contribution in [1.29, 1.82) is 0 Å². The number of halogens is 1. The normalized spacial score (nSPS) is 11.5. The lowest BCUT2D eigenvalue weighted by Crippen LogP contribution is -2.10. The van der Waals surface area contributed by atoms with Crippen LogP contribution in [0, 0.1) is 6.92 Å². The zero-order chi connectivity index (χ0) is 14.2. The number of carboxylic acid groups (broad SMARTS) is 1. The maximum Gasteiger partial charge on any atom is 0.346 e. The molecule has 0 fully saturated rings. The van der Waals surface area contributed by atoms with Gasteiger partial charge in [0.2, 0.25) is 0 Å². The molecule has 2 rings (SSSR count). The van der Waals surface area contributed by atoms with Crippen LogP contribution in [0.1, 0.15) is 15.2 Å². The van der Waals surface area contributed by atoms with Crippen molar-refractivity contribution in [3.63, 3.8) is 0 Å². The van der Waals surface area contributed by atoms with Gasteiger partial charge >= 0.3 is 5.97 Å². The van der Waals surface area contributed by atoms with E-state index in [2.05, 4.69) is 20.7 Å². The predicted octanol–water partition coefficient (Wildman–Crippen LogP) is 3.38. The summed E-state index contributed by atoms with van der Waals surface area (Å²) in [7, 11) is -3.69. The van der Waals surface area contributed by atoms with Crippen molar-refractivity contribution < 1.29 is 18.3 Å². The molecule has 9 heteroatoms. The number of anilines is 1. The van der Waals surface area contributed by atoms with Crippen LogP contribution < -0.4 is 4.72 Å². The number of sulfonamides is 1. The van der Waals surface area contributed by atoms with Gasteiger partial charge in [0.1, 0.15) is 9.88 Å². The number of carbonyl (C=O) groups is 1. The Hall–Kier alpha value is -0.900. The van der Waals surface area contributed by atoms with Crippen molar-refractivity contribution in [2.75, 3.05) is 4.72 Å². The summed E-state index contributed by atoms with van der Waals surface area (Å²) >= 11 is 5.14. The number of carboxylic acids is 1. The van der Waals surface area contributed by atoms with E-state index >= 15 is 0 Å². The summed E-state index contributed by atoms with van der Waals surface area (Å²) in [6, 6.07) is 3.15. The zero-order valence-electron chi connectivity index (χ0n) is 9.51. The van der Waals surface area contributed by atoms with Crippen molar-refractivity contribution in [3.05, 3.63) is 32.4 Å². The lowest BCUT2D eigenvalue weighted by molar-refractivity contribution is 0.0701. The number of rotatable bonds is 4. The van der Waals surface area contributed by atoms with E-state index in [1.54, 1.807) is 18.4 Å². The minimum absolute atomic E-state index is 0.128. The fourth-order valence-electron chi connectivity index (χ4n) is 1.40. The molecule has 0 saturated carbocycles. The molecule has 0 radical (unpaired) electrons. The van der Waals surface area contributed by atoms with Crippen LogP contribution in [-0.4, -0.2) is 19.5 Å². The Morgan fingerprint density at radius 1 is 1.47 bits per heavy atom. The lowest BCUT2D eigenvalue weighted by atomic mass is 10.3. The maximum absolute atomic E-state index is 12.1. The van der Waals surface area contributed by atoms with Crippen LogP contribution in [0.15, 0.2) is 26.2 Å². The highest BCUT2D eigenvalue weighted by Crippen LogP contribution is 2.32. The average Bonchev–Trinajstić information content (AvgIpc) is 2.84. The van der Waals surface area contributed by atoms with E-state index < -0.39 is 16.0 Å². The average molecular weight is 382 g/mol. The highest BCUT2D eigenvalue weighted by atomic mass is 79.9. The molecule has 0 spiro atoms. The monoisotopic (exact) mass is 381 g/mol. The van der Waals surface area contributed by atoms with Crippen LogP contribution in [0.3, 0.4) is 0 Å². The number of aryl methyl sites for hydroxylation is 1. The third-order valence-corrected chi connectivity index (χ3v) is 7.48. The molecule has 2 N–H and O–H groups in total. The van der Waals surface area contributed by atoms with Gasteiger partial charge in [0.05, 0.1) is 0 Å². The quantitative estimate of drug-likeness (QED) is 0.849. The topological polar surface area (TPSA) is 83.5 Å². The van der Waals surface area contributed by atoms with E-state index in [1.165, 1.54) is 6.07 Å². The molecule has 102 valence electrons. The number of thiophene rings is 2. The lowest BCUT2D eigenvalue weighted by Gasteiger charge is -2.03. The molecule has 0 aliphatic carbocycles. The van der Waals surface area contributed by atoms with Gasteiger partial charge in [-0.15, -0.1) is 22.7 Å². The van der Waals surface area contributed by atoms with Gasteiger partial charge in [-0.3, -0.25) is 4.72 Å². The summed E-state index contributed by atoms with van der Waals surface area (Å²) in [4.78, 5) is 11.0. The molecule has 5 nitrogen and oxygen atoms in total. The van der Waals surface area contributed by atoms with E-state index in [1.807, 2.05) is 0 Å². The minimum Gasteiger partial charge on any atom is -0.477 e. The largest absolute Gasteiger partial charge is 0.477 e. The maximum atomic E-state index is 12.1. The molecule has 0 aliphatic rings. The molecule has 0 amide bonds. The molecule has 0 saturated heterocycles. The smallest absolute Gasteiger partial charge is 0.346 e. The Kier molecular flexibility index (Phi) is 4.00. The number of hydrogen-bond acceptors (Lipinski definition) is 5. The standard InChI is InChI=1S/C10H8BrNO4S3/c1-5-4-7(18-8(5)9(13)14)12-19(15,16)10-6(11)2-3-17-10/h2-4,12H,1H3,(H,13,14). The van der Waals surface area contributed by atoms with Gasteiger partial charge in [-0.2, -0.15) is 0 Å². The molecule has 0 aromatic carbocycles. The number of hydrogen-bond donors (Lipinski definition) is 2. The molecular weight excluding hydrogens is 374 g/mol. The molecule has 2 aromatic rings. The van der Waals surface area contributed by atoms with Gasteiger partial charge in [-0.25, -0.2) is 13.2 Å². The van der Waals surface area contributed by atoms with E-state index in [4.69, 9.17) is 5.11 Å². The number of nitrogens with one attached hydrogen (secondary N) is 1. The second-order valence-corrected chi connectivity index (χ2v) is 8.29. The van der Waals surface area contributed by atoms with Gasteiger partial charge < -0.3 is 5.11 Å². The first kappa shape index (κ1) is 14.5. The first-order chi connectivity index (χ1) is 8.81. The first-order valence-corrected chi connectivity index (χ1v) is 8.88. The van der Waals surface area contributed by atoms with Gasteiger partial charge in [0.25, 0.3) is 10.0 Å². The molecule has 2 aromatic heterocycles. The summed E-state index contributed by atoms with van der Waals surface area (Å²) in [5, 5.41) is 10.9. The SMILES string of the molecule is Cc1cc(NS(=O)(=O)c2sccc2Br)sc1C(=O)O. The molecule has 19 heavy (non-hydrogen) atoms. The fourth-order valence-corrected chi connectivity index (χ4v) is 5.93. The van der Waals surface area contributed by atoms with E-state index in [-0.39, 0.29) is 14.1 Å². The van der Waals surface area contributed by atoms with Crippen molar-refractivity contribution >= 4 is 59.6 Å². The Bertz CT molecular complexity index is 732. The summed E-state index contributed by atoms with van der Waals surface area (Å²) in [5.74, 6) is -1.06. The van der Waals surface area contributed by atoms with Crippen LogP contribution >= 0.6 is 38.6 Å².